The Morgan fingerprint density at radius 1 is 1.35 bits per heavy atom. The van der Waals surface area contributed by atoms with Crippen molar-refractivity contribution in [3.05, 3.63) is 34.3 Å². The zero-order valence-corrected chi connectivity index (χ0v) is 10.2. The topological polar surface area (TPSA) is 63.8 Å². The van der Waals surface area contributed by atoms with Crippen molar-refractivity contribution in [3.63, 3.8) is 0 Å². The number of fused-ring (bicyclic) bond motifs is 1. The second kappa shape index (κ2) is 4.33. The van der Waals surface area contributed by atoms with Crippen LogP contribution in [0, 0.1) is 0 Å². The van der Waals surface area contributed by atoms with Gasteiger partial charge in [-0.3, -0.25) is 0 Å². The number of aryl methyl sites for hydroxylation is 1. The molecule has 1 aliphatic rings. The van der Waals surface area contributed by atoms with E-state index in [1.165, 1.54) is 23.3 Å². The van der Waals surface area contributed by atoms with Crippen molar-refractivity contribution in [1.82, 2.24) is 9.97 Å². The molecule has 3 N–H and O–H groups in total. The summed E-state index contributed by atoms with van der Waals surface area (Å²) in [6.07, 6.45) is 6.86. The minimum Gasteiger partial charge on any atom is -0.382 e. The molecule has 0 bridgehead atoms. The summed E-state index contributed by atoms with van der Waals surface area (Å²) in [5.74, 6) is 1.25. The van der Waals surface area contributed by atoms with Crippen molar-refractivity contribution in [2.24, 2.45) is 0 Å². The molecule has 2 heterocycles. The van der Waals surface area contributed by atoms with Gasteiger partial charge in [0.25, 0.3) is 0 Å². The molecule has 0 fully saturated rings. The highest BCUT2D eigenvalue weighted by Gasteiger charge is 2.21. The molecule has 4 nitrogen and oxygen atoms in total. The van der Waals surface area contributed by atoms with Crippen LogP contribution in [0.25, 0.3) is 0 Å². The van der Waals surface area contributed by atoms with Crippen LogP contribution in [-0.2, 0) is 6.42 Å². The van der Waals surface area contributed by atoms with Gasteiger partial charge in [-0.2, -0.15) is 0 Å². The minimum atomic E-state index is 0.364. The summed E-state index contributed by atoms with van der Waals surface area (Å²) in [5.41, 5.74) is 6.94. The first-order valence-electron chi connectivity index (χ1n) is 5.73. The molecule has 1 aliphatic carbocycles. The number of nitrogens with zero attached hydrogens (tertiary/aromatic N) is 2. The summed E-state index contributed by atoms with van der Waals surface area (Å²) in [6.45, 7) is 0. The third kappa shape index (κ3) is 2.10. The number of nitrogens with two attached hydrogens (primary N) is 1. The lowest BCUT2D eigenvalue weighted by atomic mass is 9.94. The summed E-state index contributed by atoms with van der Waals surface area (Å²) < 4.78 is 0. The van der Waals surface area contributed by atoms with Gasteiger partial charge in [0.05, 0.1) is 18.4 Å². The van der Waals surface area contributed by atoms with Crippen molar-refractivity contribution in [3.8, 4) is 0 Å². The zero-order chi connectivity index (χ0) is 11.7. The number of nitrogen functional groups attached to an aromatic ring is 1. The molecule has 0 saturated heterocycles. The Kier molecular flexibility index (Phi) is 2.68. The number of rotatable bonds is 2. The van der Waals surface area contributed by atoms with E-state index >= 15 is 0 Å². The third-order valence-electron chi connectivity index (χ3n) is 3.05. The van der Waals surface area contributed by atoms with Crippen molar-refractivity contribution in [2.45, 2.75) is 25.3 Å². The van der Waals surface area contributed by atoms with Gasteiger partial charge in [-0.15, -0.1) is 11.3 Å². The number of thiophene rings is 1. The van der Waals surface area contributed by atoms with Crippen LogP contribution in [0.2, 0.25) is 0 Å². The summed E-state index contributed by atoms with van der Waals surface area (Å²) in [4.78, 5) is 9.78. The third-order valence-corrected chi connectivity index (χ3v) is 4.04. The van der Waals surface area contributed by atoms with Gasteiger partial charge in [0.2, 0.25) is 0 Å². The number of anilines is 2. The first-order chi connectivity index (χ1) is 8.33. The molecule has 0 amide bonds. The van der Waals surface area contributed by atoms with E-state index < -0.39 is 0 Å². The van der Waals surface area contributed by atoms with Crippen LogP contribution in [0.1, 0.15) is 29.3 Å². The van der Waals surface area contributed by atoms with Crippen LogP contribution in [0.15, 0.2) is 23.8 Å². The number of hydrogen-bond donors (Lipinski definition) is 2. The fraction of sp³-hybridized carbons (Fsp3) is 0.333. The van der Waals surface area contributed by atoms with E-state index in [0.29, 0.717) is 11.9 Å². The SMILES string of the molecule is Nc1cnc(NC2CCCc3sccc32)cn1. The first-order valence-corrected chi connectivity index (χ1v) is 6.61. The highest BCUT2D eigenvalue weighted by atomic mass is 32.1. The van der Waals surface area contributed by atoms with E-state index in [1.807, 2.05) is 11.3 Å². The highest BCUT2D eigenvalue weighted by molar-refractivity contribution is 7.10. The maximum atomic E-state index is 5.52. The fourth-order valence-electron chi connectivity index (χ4n) is 2.23. The summed E-state index contributed by atoms with van der Waals surface area (Å²) in [6, 6.07) is 2.57. The Labute approximate surface area is 104 Å². The highest BCUT2D eigenvalue weighted by Crippen LogP contribution is 2.34. The summed E-state index contributed by atoms with van der Waals surface area (Å²) in [5, 5.41) is 5.59. The van der Waals surface area contributed by atoms with Crippen LogP contribution < -0.4 is 11.1 Å². The molecule has 1 unspecified atom stereocenters. The summed E-state index contributed by atoms with van der Waals surface area (Å²) >= 11 is 1.85. The average Bonchev–Trinajstić information content (AvgIpc) is 2.81. The van der Waals surface area contributed by atoms with Crippen LogP contribution in [0.4, 0.5) is 11.6 Å². The molecule has 1 atom stereocenters. The predicted molar refractivity (Wildman–Crippen MR) is 70.1 cm³/mol. The smallest absolute Gasteiger partial charge is 0.145 e. The molecule has 0 aliphatic heterocycles. The number of nitrogens with one attached hydrogen (secondary N) is 1. The monoisotopic (exact) mass is 246 g/mol. The molecule has 5 heteroatoms. The van der Waals surface area contributed by atoms with Gasteiger partial charge in [-0.05, 0) is 36.3 Å². The first kappa shape index (κ1) is 10.5. The number of aromatic nitrogens is 2. The van der Waals surface area contributed by atoms with Gasteiger partial charge in [0.1, 0.15) is 11.6 Å². The Bertz CT molecular complexity index is 505. The molecule has 0 spiro atoms. The normalized spacial score (nSPS) is 18.7. The Hall–Kier alpha value is -1.62. The molecule has 17 heavy (non-hydrogen) atoms. The van der Waals surface area contributed by atoms with Gasteiger partial charge in [-0.1, -0.05) is 0 Å². The summed E-state index contributed by atoms with van der Waals surface area (Å²) in [7, 11) is 0. The van der Waals surface area contributed by atoms with E-state index in [-0.39, 0.29) is 0 Å². The quantitative estimate of drug-likeness (QED) is 0.855. The largest absolute Gasteiger partial charge is 0.382 e. The van der Waals surface area contributed by atoms with E-state index in [2.05, 4.69) is 26.7 Å². The van der Waals surface area contributed by atoms with Crippen molar-refractivity contribution >= 4 is 23.0 Å². The maximum absolute atomic E-state index is 5.52. The molecular weight excluding hydrogens is 232 g/mol. The Balaban J connectivity index is 1.81. The van der Waals surface area contributed by atoms with Gasteiger partial charge < -0.3 is 11.1 Å². The molecule has 2 aromatic rings. The molecule has 2 aromatic heterocycles. The standard InChI is InChI=1S/C12H14N4S/c13-11-6-15-12(7-14-11)16-9-2-1-3-10-8(9)4-5-17-10/h4-7,9H,1-3H2,(H2,13,14)(H,15,16). The lowest BCUT2D eigenvalue weighted by Crippen LogP contribution is -2.16. The van der Waals surface area contributed by atoms with E-state index in [1.54, 1.807) is 12.4 Å². The molecule has 0 aromatic carbocycles. The van der Waals surface area contributed by atoms with Crippen molar-refractivity contribution < 1.29 is 0 Å². The van der Waals surface area contributed by atoms with Gasteiger partial charge in [0, 0.05) is 4.88 Å². The van der Waals surface area contributed by atoms with Gasteiger partial charge >= 0.3 is 0 Å². The predicted octanol–water partition coefficient (Wildman–Crippen LogP) is 2.61. The van der Waals surface area contributed by atoms with E-state index in [9.17, 15) is 0 Å². The van der Waals surface area contributed by atoms with E-state index in [0.717, 1.165) is 12.2 Å². The molecule has 0 saturated carbocycles. The molecule has 88 valence electrons. The van der Waals surface area contributed by atoms with Gasteiger partial charge in [0.15, 0.2) is 0 Å². The zero-order valence-electron chi connectivity index (χ0n) is 9.39. The Morgan fingerprint density at radius 2 is 2.29 bits per heavy atom. The second-order valence-corrected chi connectivity index (χ2v) is 5.22. The lowest BCUT2D eigenvalue weighted by molar-refractivity contribution is 0.606. The van der Waals surface area contributed by atoms with Crippen LogP contribution in [0.5, 0.6) is 0 Å². The van der Waals surface area contributed by atoms with Crippen LogP contribution >= 0.6 is 11.3 Å². The minimum absolute atomic E-state index is 0.364. The number of hydrogen-bond acceptors (Lipinski definition) is 5. The average molecular weight is 246 g/mol. The van der Waals surface area contributed by atoms with Crippen LogP contribution in [0.3, 0.4) is 0 Å². The molecule has 0 radical (unpaired) electrons. The van der Waals surface area contributed by atoms with E-state index in [4.69, 9.17) is 5.73 Å². The Morgan fingerprint density at radius 3 is 3.12 bits per heavy atom. The van der Waals surface area contributed by atoms with Crippen molar-refractivity contribution in [2.75, 3.05) is 11.1 Å². The van der Waals surface area contributed by atoms with Crippen LogP contribution in [-0.4, -0.2) is 9.97 Å². The maximum Gasteiger partial charge on any atom is 0.145 e. The van der Waals surface area contributed by atoms with Gasteiger partial charge in [-0.25, -0.2) is 9.97 Å². The lowest BCUT2D eigenvalue weighted by Gasteiger charge is -2.23. The fourth-order valence-corrected chi connectivity index (χ4v) is 3.21. The molecular formula is C12H14N4S. The van der Waals surface area contributed by atoms with Crippen molar-refractivity contribution in [1.29, 1.82) is 0 Å². The second-order valence-electron chi connectivity index (χ2n) is 4.21. The molecule has 3 rings (SSSR count).